The zero-order valence-corrected chi connectivity index (χ0v) is 43.2. The van der Waals surface area contributed by atoms with Gasteiger partial charge in [-0.05, 0) is 31.1 Å². The van der Waals surface area contributed by atoms with Crippen LogP contribution in [0.2, 0.25) is 0 Å². The molecule has 0 N–H and O–H groups in total. The van der Waals surface area contributed by atoms with E-state index in [0.29, 0.717) is 19.3 Å². The van der Waals surface area contributed by atoms with Gasteiger partial charge in [-0.1, -0.05) is 279 Å². The van der Waals surface area contributed by atoms with Crippen LogP contribution >= 0.6 is 0 Å². The first-order valence-electron chi connectivity index (χ1n) is 28.2. The largest absolute Gasteiger partial charge is 0.462 e. The maximum atomic E-state index is 12.8. The predicted octanol–water partition coefficient (Wildman–Crippen LogP) is 18.5. The lowest BCUT2D eigenvalue weighted by Gasteiger charge is -2.18. The third-order valence-corrected chi connectivity index (χ3v) is 13.0. The summed E-state index contributed by atoms with van der Waals surface area (Å²) in [5.74, 6) is 0.826. The Kier molecular flexibility index (Phi) is 48.6. The fourth-order valence-corrected chi connectivity index (χ4v) is 8.70. The molecule has 0 amide bonds. The van der Waals surface area contributed by atoms with E-state index in [9.17, 15) is 14.4 Å². The quantitative estimate of drug-likeness (QED) is 0.0344. The Hall–Kier alpha value is -1.59. The fourth-order valence-electron chi connectivity index (χ4n) is 8.70. The van der Waals surface area contributed by atoms with Gasteiger partial charge in [0.1, 0.15) is 13.2 Å². The molecule has 0 spiro atoms. The van der Waals surface area contributed by atoms with Crippen LogP contribution in [0.15, 0.2) is 0 Å². The molecule has 0 aliphatic carbocycles. The van der Waals surface area contributed by atoms with E-state index in [-0.39, 0.29) is 31.1 Å². The van der Waals surface area contributed by atoms with Crippen LogP contribution in [0.25, 0.3) is 0 Å². The minimum absolute atomic E-state index is 0.0629. The van der Waals surface area contributed by atoms with Crippen molar-refractivity contribution in [2.75, 3.05) is 13.2 Å². The van der Waals surface area contributed by atoms with Gasteiger partial charge in [0.05, 0.1) is 0 Å². The Morgan fingerprint density at radius 1 is 0.302 bits per heavy atom. The number of hydrogen-bond donors (Lipinski definition) is 0. The lowest BCUT2D eigenvalue weighted by Crippen LogP contribution is -2.30. The Morgan fingerprint density at radius 3 is 0.778 bits per heavy atom. The van der Waals surface area contributed by atoms with Crippen molar-refractivity contribution in [3.05, 3.63) is 0 Å². The van der Waals surface area contributed by atoms with Crippen molar-refractivity contribution in [1.82, 2.24) is 0 Å². The summed E-state index contributed by atoms with van der Waals surface area (Å²) in [4.78, 5) is 38.1. The second-order valence-electron chi connectivity index (χ2n) is 20.5. The molecule has 63 heavy (non-hydrogen) atoms. The molecular formula is C57H110O6. The van der Waals surface area contributed by atoms with Crippen molar-refractivity contribution in [3.8, 4) is 0 Å². The van der Waals surface area contributed by atoms with Gasteiger partial charge >= 0.3 is 17.9 Å². The van der Waals surface area contributed by atoms with Crippen LogP contribution in [-0.4, -0.2) is 37.2 Å². The monoisotopic (exact) mass is 891 g/mol. The number of hydrogen-bond acceptors (Lipinski definition) is 6. The van der Waals surface area contributed by atoms with Crippen LogP contribution in [0.3, 0.4) is 0 Å². The Morgan fingerprint density at radius 2 is 0.524 bits per heavy atom. The SMILES string of the molecule is CCCCCCCCCCCCCCCCC(=O)O[C@H](COC(=O)CCCCCCCCCCCCCCCCCC(C)C)COC(=O)CCCCCCCCCCCCC(C)C. The molecule has 0 saturated heterocycles. The first-order chi connectivity index (χ1) is 30.7. The molecule has 0 aromatic heterocycles. The summed E-state index contributed by atoms with van der Waals surface area (Å²) in [5, 5.41) is 0. The summed E-state index contributed by atoms with van der Waals surface area (Å²) in [6, 6.07) is 0. The highest BCUT2D eigenvalue weighted by Crippen LogP contribution is 2.18. The zero-order chi connectivity index (χ0) is 46.1. The molecule has 0 aliphatic heterocycles. The normalized spacial score (nSPS) is 12.0. The highest BCUT2D eigenvalue weighted by atomic mass is 16.6. The molecule has 0 aliphatic rings. The van der Waals surface area contributed by atoms with Gasteiger partial charge in [-0.2, -0.15) is 0 Å². The predicted molar refractivity (Wildman–Crippen MR) is 270 cm³/mol. The molecule has 0 bridgehead atoms. The van der Waals surface area contributed by atoms with E-state index in [4.69, 9.17) is 14.2 Å². The molecule has 0 saturated carbocycles. The van der Waals surface area contributed by atoms with Crippen molar-refractivity contribution in [2.24, 2.45) is 11.8 Å². The number of rotatable bonds is 51. The lowest BCUT2D eigenvalue weighted by atomic mass is 10.0. The van der Waals surface area contributed by atoms with Gasteiger partial charge in [0, 0.05) is 19.3 Å². The van der Waals surface area contributed by atoms with Gasteiger partial charge in [-0.25, -0.2) is 0 Å². The highest BCUT2D eigenvalue weighted by molar-refractivity contribution is 5.71. The van der Waals surface area contributed by atoms with Crippen LogP contribution in [0.1, 0.15) is 317 Å². The third kappa shape index (κ3) is 51.3. The summed E-state index contributed by atoms with van der Waals surface area (Å²) in [5.41, 5.74) is 0. The minimum Gasteiger partial charge on any atom is -0.462 e. The number of esters is 3. The molecule has 6 heteroatoms. The summed E-state index contributed by atoms with van der Waals surface area (Å²) in [7, 11) is 0. The summed E-state index contributed by atoms with van der Waals surface area (Å²) in [6.45, 7) is 11.4. The highest BCUT2D eigenvalue weighted by Gasteiger charge is 2.19. The van der Waals surface area contributed by atoms with E-state index >= 15 is 0 Å². The topological polar surface area (TPSA) is 78.9 Å². The molecule has 0 unspecified atom stereocenters. The summed E-state index contributed by atoms with van der Waals surface area (Å²) >= 11 is 0. The van der Waals surface area contributed by atoms with E-state index in [1.807, 2.05) is 0 Å². The molecule has 0 heterocycles. The Balaban J connectivity index is 4.28. The van der Waals surface area contributed by atoms with Crippen LogP contribution in [0, 0.1) is 11.8 Å². The maximum absolute atomic E-state index is 12.8. The molecule has 0 radical (unpaired) electrons. The smallest absolute Gasteiger partial charge is 0.306 e. The van der Waals surface area contributed by atoms with E-state index < -0.39 is 6.10 Å². The molecule has 374 valence electrons. The Labute approximate surface area is 393 Å². The van der Waals surface area contributed by atoms with E-state index in [1.165, 1.54) is 205 Å². The molecule has 0 aromatic rings. The molecule has 1 atom stereocenters. The van der Waals surface area contributed by atoms with E-state index in [0.717, 1.165) is 69.6 Å². The van der Waals surface area contributed by atoms with Crippen molar-refractivity contribution < 1.29 is 28.6 Å². The summed E-state index contributed by atoms with van der Waals surface area (Å²) < 4.78 is 16.9. The standard InChI is InChI=1S/C57H110O6/c1-6-7-8-9-10-11-12-13-18-22-29-34-39-44-49-57(60)63-54(51-62-56(59)48-43-38-33-28-24-23-26-31-36-41-46-53(4)5)50-61-55(58)47-42-37-32-27-21-19-16-14-15-17-20-25-30-35-40-45-52(2)3/h52-54H,6-51H2,1-5H3/t54-/m1/s1. The lowest BCUT2D eigenvalue weighted by molar-refractivity contribution is -0.167. The second-order valence-corrected chi connectivity index (χ2v) is 20.5. The van der Waals surface area contributed by atoms with Crippen LogP contribution in [-0.2, 0) is 28.6 Å². The number of unbranched alkanes of at least 4 members (excludes halogenated alkanes) is 36. The first kappa shape index (κ1) is 61.4. The second kappa shape index (κ2) is 49.8. The van der Waals surface area contributed by atoms with E-state index in [1.54, 1.807) is 0 Å². The molecule has 0 aromatic carbocycles. The number of ether oxygens (including phenoxy) is 3. The number of carbonyl (C=O) groups is 3. The van der Waals surface area contributed by atoms with Crippen LogP contribution < -0.4 is 0 Å². The van der Waals surface area contributed by atoms with Crippen LogP contribution in [0.4, 0.5) is 0 Å². The van der Waals surface area contributed by atoms with Gasteiger partial charge in [-0.3, -0.25) is 14.4 Å². The average molecular weight is 892 g/mol. The molecule has 0 fully saturated rings. The average Bonchev–Trinajstić information content (AvgIpc) is 3.25. The van der Waals surface area contributed by atoms with Crippen molar-refractivity contribution >= 4 is 17.9 Å². The fraction of sp³-hybridized carbons (Fsp3) is 0.947. The van der Waals surface area contributed by atoms with Gasteiger partial charge < -0.3 is 14.2 Å². The number of carbonyl (C=O) groups excluding carboxylic acids is 3. The maximum Gasteiger partial charge on any atom is 0.306 e. The van der Waals surface area contributed by atoms with Crippen molar-refractivity contribution in [1.29, 1.82) is 0 Å². The van der Waals surface area contributed by atoms with Crippen molar-refractivity contribution in [2.45, 2.75) is 323 Å². The minimum atomic E-state index is -0.762. The molecule has 6 nitrogen and oxygen atoms in total. The van der Waals surface area contributed by atoms with Gasteiger partial charge in [0.15, 0.2) is 6.10 Å². The molecule has 0 rings (SSSR count). The van der Waals surface area contributed by atoms with E-state index in [2.05, 4.69) is 34.6 Å². The Bertz CT molecular complexity index is 962. The van der Waals surface area contributed by atoms with Crippen LogP contribution in [0.5, 0.6) is 0 Å². The van der Waals surface area contributed by atoms with Gasteiger partial charge in [-0.15, -0.1) is 0 Å². The van der Waals surface area contributed by atoms with Gasteiger partial charge in [0.25, 0.3) is 0 Å². The summed E-state index contributed by atoms with van der Waals surface area (Å²) in [6.07, 6.45) is 52.3. The third-order valence-electron chi connectivity index (χ3n) is 13.0. The zero-order valence-electron chi connectivity index (χ0n) is 43.2. The van der Waals surface area contributed by atoms with Crippen molar-refractivity contribution in [3.63, 3.8) is 0 Å². The first-order valence-corrected chi connectivity index (χ1v) is 28.2. The van der Waals surface area contributed by atoms with Gasteiger partial charge in [0.2, 0.25) is 0 Å². The molecular weight excluding hydrogens is 781 g/mol.